The second-order valence-corrected chi connectivity index (χ2v) is 35.1. The molecule has 27 nitrogen and oxygen atoms in total. The molecule has 3 aliphatic carbocycles. The molecule has 3 amide bonds. The van der Waals surface area contributed by atoms with Crippen LogP contribution in [0.4, 0.5) is 28.4 Å². The van der Waals surface area contributed by atoms with E-state index in [1.165, 1.54) is 18.9 Å². The lowest BCUT2D eigenvalue weighted by atomic mass is 9.99. The number of aryl methyl sites for hydroxylation is 6. The Morgan fingerprint density at radius 2 is 0.783 bits per heavy atom. The molecule has 9 heterocycles. The molecule has 656 valence electrons. The number of esters is 2. The number of carbonyl (C=O) groups excluding carboxylic acids is 5. The van der Waals surface area contributed by atoms with Gasteiger partial charge in [-0.25, -0.2) is 14.4 Å². The Hall–Kier alpha value is -12.5. The lowest BCUT2D eigenvalue weighted by Crippen LogP contribution is -2.30. The first-order valence-corrected chi connectivity index (χ1v) is 44.4. The number of hydrogen-bond donors (Lipinski definition) is 2. The fraction of sp³-hybridized carbons (Fsp3) is 0.242. The molecular weight excluding hydrogens is 1840 g/mol. The molecule has 0 saturated heterocycles. The molecule has 0 spiro atoms. The predicted molar refractivity (Wildman–Crippen MR) is 491 cm³/mol. The summed E-state index contributed by atoms with van der Waals surface area (Å²) in [7, 11) is 7.90. The third-order valence-electron chi connectivity index (χ3n) is 23.3. The second kappa shape index (κ2) is 36.5. The number of carbonyl (C=O) groups is 6. The highest BCUT2D eigenvalue weighted by molar-refractivity contribution is 9.10. The molecule has 0 atom stereocenters. The number of anilines is 5. The van der Waals surface area contributed by atoms with Crippen molar-refractivity contribution in [1.82, 2.24) is 44.8 Å². The second-order valence-electron chi connectivity index (χ2n) is 31.8. The normalized spacial score (nSPS) is 14.5. The summed E-state index contributed by atoms with van der Waals surface area (Å²) in [6.07, 6.45) is 9.32. The number of aromatic carboxylic acids is 1. The van der Waals surface area contributed by atoms with E-state index >= 15 is 0 Å². The van der Waals surface area contributed by atoms with Crippen LogP contribution in [0.5, 0.6) is 17.2 Å². The number of benzene rings is 9. The van der Waals surface area contributed by atoms with Crippen LogP contribution in [-0.4, -0.2) is 99.8 Å². The quantitative estimate of drug-likeness (QED) is 0.0670. The van der Waals surface area contributed by atoms with E-state index in [9.17, 15) is 33.9 Å². The summed E-state index contributed by atoms with van der Waals surface area (Å²) in [6, 6.07) is 49.5. The Morgan fingerprint density at radius 1 is 0.434 bits per heavy atom. The van der Waals surface area contributed by atoms with Gasteiger partial charge in [0.25, 0.3) is 0 Å². The summed E-state index contributed by atoms with van der Waals surface area (Å²) in [4.78, 5) is 76.4. The maximum absolute atomic E-state index is 13.2. The van der Waals surface area contributed by atoms with E-state index in [1.54, 1.807) is 119 Å². The summed E-state index contributed by atoms with van der Waals surface area (Å²) in [5, 5.41) is 42.9. The molecule has 3 saturated carbocycles. The van der Waals surface area contributed by atoms with Gasteiger partial charge in [0.1, 0.15) is 71.4 Å². The zero-order valence-electron chi connectivity index (χ0n) is 69.7. The van der Waals surface area contributed by atoms with Crippen molar-refractivity contribution in [3.8, 4) is 51.0 Å². The van der Waals surface area contributed by atoms with Crippen LogP contribution >= 0.6 is 85.5 Å². The highest BCUT2D eigenvalue weighted by Gasteiger charge is 2.39. The van der Waals surface area contributed by atoms with E-state index < -0.39 is 17.9 Å². The van der Waals surface area contributed by atoms with Crippen molar-refractivity contribution in [3.63, 3.8) is 0 Å². The SMILES string of the molecule is COC(=O)c1nn(C)c2cc(Br)ccc12.COC(=O)c1nn(C)c2cc(N3C(=O)CCc4cc(OCc5c(-c6c(Cl)cccc6Cl)noc5C5CC5)ccc43)ccc12.Cn1nc(C(=O)O)c2ccc(N3C(=O)CCc4cc(OCc5c(-c6c(Cl)cccc6Cl)noc5C5CC5)ccc43)cc21.O=C1CCc2cc(OCc3c(-c4c(Cl)cccc4Cl)noc3C3CC3)ccc2N1. The predicted octanol–water partition coefficient (Wildman–Crippen LogP) is 22.8. The summed E-state index contributed by atoms with van der Waals surface area (Å²) in [6.45, 7) is 0.751. The van der Waals surface area contributed by atoms with Crippen molar-refractivity contribution in [2.75, 3.05) is 29.3 Å². The number of carboxylic acids is 1. The molecule has 15 aromatic rings. The van der Waals surface area contributed by atoms with Crippen LogP contribution in [0.3, 0.4) is 0 Å². The molecule has 34 heteroatoms. The van der Waals surface area contributed by atoms with E-state index in [0.717, 1.165) is 127 Å². The Morgan fingerprint density at radius 3 is 1.16 bits per heavy atom. The summed E-state index contributed by atoms with van der Waals surface area (Å²) in [5.41, 5.74) is 15.8. The molecular formula is C95H77BrCl6N12O15. The summed E-state index contributed by atoms with van der Waals surface area (Å²) < 4.78 is 51.2. The van der Waals surface area contributed by atoms with Gasteiger partial charge in [-0.15, -0.1) is 0 Å². The van der Waals surface area contributed by atoms with Crippen molar-refractivity contribution in [3.05, 3.63) is 266 Å². The van der Waals surface area contributed by atoms with Crippen LogP contribution in [0, 0.1) is 0 Å². The first kappa shape index (κ1) is 87.2. The highest BCUT2D eigenvalue weighted by atomic mass is 79.9. The third kappa shape index (κ3) is 17.7. The van der Waals surface area contributed by atoms with Crippen molar-refractivity contribution >= 4 is 182 Å². The van der Waals surface area contributed by atoms with E-state index in [2.05, 4.69) is 56.7 Å². The molecule has 9 aromatic carbocycles. The van der Waals surface area contributed by atoms with Crippen molar-refractivity contribution in [2.45, 2.75) is 115 Å². The average molecular weight is 1920 g/mol. The first-order valence-electron chi connectivity index (χ1n) is 41.3. The van der Waals surface area contributed by atoms with E-state index in [0.29, 0.717) is 177 Å². The molecule has 3 fully saturated rings. The van der Waals surface area contributed by atoms with Crippen LogP contribution in [0.25, 0.3) is 66.5 Å². The highest BCUT2D eigenvalue weighted by Crippen LogP contribution is 2.51. The van der Waals surface area contributed by atoms with Crippen LogP contribution in [-0.2, 0) is 84.1 Å². The number of fused-ring (bicyclic) bond motifs is 6. The van der Waals surface area contributed by atoms with Gasteiger partial charge in [-0.2, -0.15) is 15.3 Å². The fourth-order valence-corrected chi connectivity index (χ4v) is 18.5. The maximum atomic E-state index is 13.2. The fourth-order valence-electron chi connectivity index (χ4n) is 16.4. The van der Waals surface area contributed by atoms with Gasteiger partial charge < -0.3 is 47.7 Å². The van der Waals surface area contributed by atoms with Crippen LogP contribution in [0.15, 0.2) is 182 Å². The van der Waals surface area contributed by atoms with Gasteiger partial charge in [0.15, 0.2) is 17.1 Å². The number of hydrogen-bond acceptors (Lipinski definition) is 20. The largest absolute Gasteiger partial charge is 0.489 e. The van der Waals surface area contributed by atoms with Crippen LogP contribution in [0.2, 0.25) is 30.1 Å². The summed E-state index contributed by atoms with van der Waals surface area (Å²) >= 11 is 42.2. The lowest BCUT2D eigenvalue weighted by molar-refractivity contribution is -0.119. The minimum Gasteiger partial charge on any atom is -0.489 e. The third-order valence-corrected chi connectivity index (χ3v) is 25.7. The van der Waals surface area contributed by atoms with Crippen LogP contribution < -0.4 is 29.3 Å². The number of halogens is 7. The van der Waals surface area contributed by atoms with E-state index in [-0.39, 0.29) is 42.3 Å². The lowest BCUT2D eigenvalue weighted by Gasteiger charge is -2.30. The maximum Gasteiger partial charge on any atom is 0.359 e. The Labute approximate surface area is 774 Å². The minimum atomic E-state index is -1.10. The smallest absolute Gasteiger partial charge is 0.359 e. The van der Waals surface area contributed by atoms with Gasteiger partial charge in [0.2, 0.25) is 17.7 Å². The Balaban J connectivity index is 0.000000122. The van der Waals surface area contributed by atoms with Crippen molar-refractivity contribution < 1.29 is 71.1 Å². The van der Waals surface area contributed by atoms with Crippen molar-refractivity contribution in [2.24, 2.45) is 21.1 Å². The monoisotopic (exact) mass is 1910 g/mol. The Bertz CT molecular complexity index is 6980. The van der Waals surface area contributed by atoms with Gasteiger partial charge in [0.05, 0.1) is 100 Å². The number of aromatic nitrogens is 9. The Kier molecular flexibility index (Phi) is 24.7. The molecule has 0 radical (unpaired) electrons. The van der Waals surface area contributed by atoms with E-state index in [4.69, 9.17) is 102 Å². The number of ether oxygens (including phenoxy) is 5. The molecule has 21 rings (SSSR count). The standard InChI is InChI=1S/C32H26Cl2N4O5.C31H24Cl2N4O5.C22H18Cl2N2O3.C10H9BrN2O2/c1-37-26-15-19(9-11-21(26)30(35-37)32(40)41-2)38-25-12-10-20(14-18(25)8-13-27(38)39)42-16-22-29(36-43-31(22)17-6-7-17)28-23(33)4-3-5-24(28)34;1-36-25-14-18(8-10-20(25)29(34-36)31(39)40)37-24-11-9-19(13-17(24)7-12-26(37)38)41-15-21-28(35-42-30(21)16-5-6-16)27-22(32)3-2-4-23(27)33;23-16-2-1-3-17(24)20(16)21-15(22(29-26-21)12-4-5-12)11-28-14-7-8-18-13(10-14)6-9-19(27)25-18;1-13-8-5-6(11)3-4-7(8)9(12-13)10(14)15-2/h3-5,9-12,14-15,17H,6-8,13,16H2,1-2H3;2-4,8-11,13-14,16H,5-7,12,15H2,1H3,(H,39,40);1-3,7-8,10,12H,4-6,9,11H2,(H,25,27);3-5H,1-2H3. The molecule has 6 aliphatic rings. The topological polar surface area (TPSA) is 319 Å². The van der Waals surface area contributed by atoms with E-state index in [1.807, 2.05) is 84.9 Å². The van der Waals surface area contributed by atoms with Gasteiger partial charge in [0, 0.05) is 101 Å². The zero-order chi connectivity index (χ0) is 89.9. The average Bonchev–Trinajstić information content (AvgIpc) is 1.62. The number of carboxylic acid groups (broad SMARTS) is 1. The summed E-state index contributed by atoms with van der Waals surface area (Å²) in [5.74, 6) is 3.44. The molecule has 129 heavy (non-hydrogen) atoms. The number of amides is 3. The van der Waals surface area contributed by atoms with Gasteiger partial charge in [-0.1, -0.05) is 119 Å². The van der Waals surface area contributed by atoms with Gasteiger partial charge >= 0.3 is 17.9 Å². The van der Waals surface area contributed by atoms with Crippen molar-refractivity contribution in [1.29, 1.82) is 0 Å². The molecule has 3 aliphatic heterocycles. The number of methoxy groups -OCH3 is 2. The molecule has 6 aromatic heterocycles. The van der Waals surface area contributed by atoms with Gasteiger partial charge in [-0.05, 0) is 220 Å². The number of rotatable bonds is 20. The number of nitrogens with zero attached hydrogens (tertiary/aromatic N) is 11. The molecule has 0 unspecified atom stereocenters. The van der Waals surface area contributed by atoms with Gasteiger partial charge in [-0.3, -0.25) is 38.2 Å². The molecule has 0 bridgehead atoms. The zero-order valence-corrected chi connectivity index (χ0v) is 75.8. The number of nitrogens with one attached hydrogen (secondary N) is 1. The first-order chi connectivity index (χ1) is 62.4. The minimum absolute atomic E-state index is 0.0179. The van der Waals surface area contributed by atoms with Crippen LogP contribution in [0.1, 0.15) is 158 Å². The molecule has 2 N–H and O–H groups in total.